The van der Waals surface area contributed by atoms with Crippen molar-refractivity contribution in [2.45, 2.75) is 43.8 Å². The van der Waals surface area contributed by atoms with Crippen molar-refractivity contribution < 1.29 is 19.4 Å². The maximum Gasteiger partial charge on any atom is 0.290 e. The molecular formula is C18H26N4O4. The van der Waals surface area contributed by atoms with E-state index in [1.165, 1.54) is 12.8 Å². The molecule has 8 nitrogen and oxygen atoms in total. The summed E-state index contributed by atoms with van der Waals surface area (Å²) in [4.78, 5) is 23.2. The van der Waals surface area contributed by atoms with Gasteiger partial charge in [0, 0.05) is 35.4 Å². The molecule has 2 unspecified atom stereocenters. The van der Waals surface area contributed by atoms with Gasteiger partial charge >= 0.3 is 0 Å². The first-order valence-corrected chi connectivity index (χ1v) is 8.54. The lowest BCUT2D eigenvalue weighted by Gasteiger charge is -2.36. The highest BCUT2D eigenvalue weighted by atomic mass is 16.5. The Balaban J connectivity index is 0.000000758. The molecule has 1 aromatic rings. The number of carboxylic acid groups (broad SMARTS) is 1. The first-order chi connectivity index (χ1) is 12.4. The fourth-order valence-electron chi connectivity index (χ4n) is 3.80. The van der Waals surface area contributed by atoms with E-state index in [0.29, 0.717) is 29.1 Å². The van der Waals surface area contributed by atoms with E-state index in [1.807, 2.05) is 0 Å². The molecule has 2 atom stereocenters. The standard InChI is InChI=1S/C17H24N4O2.CH2O2/c1-21-11-3-4-12(21)8-10(7-11)20-17(22)16(19)14-6-5-13(23-2)9-15(14)18;2-1-3/h5-6,9-12,19H,3-4,7-8,18H2,1-2H3,(H,20,22);1H,(H,2,3). The minimum Gasteiger partial charge on any atom is -0.497 e. The minimum atomic E-state index is -0.351. The highest BCUT2D eigenvalue weighted by molar-refractivity contribution is 6.45. The molecule has 2 saturated heterocycles. The third kappa shape index (κ3) is 4.32. The Morgan fingerprint density at radius 1 is 1.38 bits per heavy atom. The van der Waals surface area contributed by atoms with E-state index in [9.17, 15) is 4.79 Å². The maximum atomic E-state index is 12.4. The number of anilines is 1. The van der Waals surface area contributed by atoms with Crippen molar-refractivity contribution in [2.24, 2.45) is 0 Å². The Morgan fingerprint density at radius 3 is 2.46 bits per heavy atom. The van der Waals surface area contributed by atoms with Crippen LogP contribution in [0.4, 0.5) is 5.69 Å². The zero-order valence-corrected chi connectivity index (χ0v) is 15.1. The Bertz CT molecular complexity index is 665. The summed E-state index contributed by atoms with van der Waals surface area (Å²) in [5, 5.41) is 18.0. The molecule has 2 bridgehead atoms. The van der Waals surface area contributed by atoms with E-state index in [0.717, 1.165) is 12.8 Å². The van der Waals surface area contributed by atoms with E-state index >= 15 is 0 Å². The number of methoxy groups -OCH3 is 1. The molecule has 0 radical (unpaired) electrons. The van der Waals surface area contributed by atoms with Gasteiger partial charge in [-0.1, -0.05) is 0 Å². The molecule has 5 N–H and O–H groups in total. The zero-order chi connectivity index (χ0) is 19.3. The SMILES string of the molecule is COc1ccc(C(=N)C(=O)NC2CC3CCC(C2)N3C)c(N)c1.O=CO. The number of hydrogen-bond acceptors (Lipinski definition) is 6. The first-order valence-electron chi connectivity index (χ1n) is 8.54. The van der Waals surface area contributed by atoms with E-state index < -0.39 is 0 Å². The Labute approximate surface area is 152 Å². The molecule has 0 aliphatic carbocycles. The van der Waals surface area contributed by atoms with Crippen LogP contribution in [-0.2, 0) is 9.59 Å². The van der Waals surface area contributed by atoms with Crippen LogP contribution in [0.2, 0.25) is 0 Å². The predicted molar refractivity (Wildman–Crippen MR) is 98.7 cm³/mol. The number of nitrogen functional groups attached to an aromatic ring is 1. The number of nitrogens with zero attached hydrogens (tertiary/aromatic N) is 1. The lowest BCUT2D eigenvalue weighted by Crippen LogP contribution is -2.50. The van der Waals surface area contributed by atoms with Crippen LogP contribution >= 0.6 is 0 Å². The summed E-state index contributed by atoms with van der Waals surface area (Å²) >= 11 is 0. The van der Waals surface area contributed by atoms with Crippen LogP contribution < -0.4 is 15.8 Å². The van der Waals surface area contributed by atoms with Crippen LogP contribution in [-0.4, -0.2) is 60.4 Å². The molecule has 8 heteroatoms. The lowest BCUT2D eigenvalue weighted by atomic mass is 9.97. The largest absolute Gasteiger partial charge is 0.497 e. The number of carbonyl (C=O) groups is 2. The molecular weight excluding hydrogens is 336 g/mol. The normalized spacial score (nSPS) is 24.2. The van der Waals surface area contributed by atoms with Crippen LogP contribution in [0.5, 0.6) is 5.75 Å². The Morgan fingerprint density at radius 2 is 1.96 bits per heavy atom. The van der Waals surface area contributed by atoms with Crippen LogP contribution in [0.3, 0.4) is 0 Å². The number of hydrogen-bond donors (Lipinski definition) is 4. The molecule has 26 heavy (non-hydrogen) atoms. The van der Waals surface area contributed by atoms with Crippen molar-refractivity contribution in [1.82, 2.24) is 10.2 Å². The summed E-state index contributed by atoms with van der Waals surface area (Å²) in [5.74, 6) is 0.266. The zero-order valence-electron chi connectivity index (χ0n) is 15.1. The van der Waals surface area contributed by atoms with Gasteiger partial charge in [0.2, 0.25) is 0 Å². The van der Waals surface area contributed by atoms with Gasteiger partial charge < -0.3 is 25.8 Å². The topological polar surface area (TPSA) is 129 Å². The lowest BCUT2D eigenvalue weighted by molar-refractivity contribution is -0.123. The molecule has 2 aliphatic heterocycles. The summed E-state index contributed by atoms with van der Waals surface area (Å²) in [7, 11) is 3.72. The van der Waals surface area contributed by atoms with Crippen molar-refractivity contribution >= 4 is 23.8 Å². The molecule has 3 rings (SSSR count). The molecule has 2 heterocycles. The fraction of sp³-hybridized carbons (Fsp3) is 0.500. The van der Waals surface area contributed by atoms with Crippen LogP contribution in [0.25, 0.3) is 0 Å². The number of carbonyl (C=O) groups excluding carboxylic acids is 1. The van der Waals surface area contributed by atoms with Gasteiger partial charge in [-0.25, -0.2) is 0 Å². The van der Waals surface area contributed by atoms with Crippen molar-refractivity contribution in [3.05, 3.63) is 23.8 Å². The number of ether oxygens (including phenoxy) is 1. The highest BCUT2D eigenvalue weighted by Crippen LogP contribution is 2.34. The molecule has 0 aromatic heterocycles. The molecule has 142 valence electrons. The quantitative estimate of drug-likeness (QED) is 0.360. The van der Waals surface area contributed by atoms with Gasteiger partial charge in [-0.2, -0.15) is 0 Å². The predicted octanol–water partition coefficient (Wildman–Crippen LogP) is 1.09. The first kappa shape index (κ1) is 19.7. The molecule has 1 aromatic carbocycles. The van der Waals surface area contributed by atoms with Gasteiger partial charge in [0.25, 0.3) is 12.4 Å². The van der Waals surface area contributed by atoms with Crippen LogP contribution in [0.15, 0.2) is 18.2 Å². The van der Waals surface area contributed by atoms with Crippen molar-refractivity contribution in [1.29, 1.82) is 5.41 Å². The Hall–Kier alpha value is -2.61. The fourth-order valence-corrected chi connectivity index (χ4v) is 3.80. The number of fused-ring (bicyclic) bond motifs is 2. The second kappa shape index (κ2) is 8.66. The minimum absolute atomic E-state index is 0.0866. The summed E-state index contributed by atoms with van der Waals surface area (Å²) in [5.41, 5.74) is 6.67. The number of piperidine rings is 1. The van der Waals surface area contributed by atoms with E-state index in [1.54, 1.807) is 25.3 Å². The van der Waals surface area contributed by atoms with E-state index in [-0.39, 0.29) is 24.1 Å². The van der Waals surface area contributed by atoms with Gasteiger partial charge in [0.15, 0.2) is 0 Å². The smallest absolute Gasteiger partial charge is 0.290 e. The van der Waals surface area contributed by atoms with Gasteiger partial charge in [-0.3, -0.25) is 15.0 Å². The van der Waals surface area contributed by atoms with Crippen molar-refractivity contribution in [2.75, 3.05) is 19.9 Å². The maximum absolute atomic E-state index is 12.4. The van der Waals surface area contributed by atoms with Gasteiger partial charge in [0.1, 0.15) is 11.5 Å². The summed E-state index contributed by atoms with van der Waals surface area (Å²) in [6.45, 7) is -0.250. The molecule has 1 amide bonds. The number of nitrogens with one attached hydrogen (secondary N) is 2. The third-order valence-corrected chi connectivity index (χ3v) is 5.19. The number of benzene rings is 1. The molecule has 0 spiro atoms. The monoisotopic (exact) mass is 362 g/mol. The third-order valence-electron chi connectivity index (χ3n) is 5.19. The van der Waals surface area contributed by atoms with Crippen LogP contribution in [0.1, 0.15) is 31.2 Å². The second-order valence-corrected chi connectivity index (χ2v) is 6.63. The van der Waals surface area contributed by atoms with Gasteiger partial charge in [0.05, 0.1) is 7.11 Å². The average molecular weight is 362 g/mol. The summed E-state index contributed by atoms with van der Waals surface area (Å²) in [6, 6.07) is 6.26. The molecule has 2 aliphatic rings. The van der Waals surface area contributed by atoms with Gasteiger partial charge in [-0.05, 0) is 44.9 Å². The molecule has 0 saturated carbocycles. The van der Waals surface area contributed by atoms with E-state index in [2.05, 4.69) is 17.3 Å². The second-order valence-electron chi connectivity index (χ2n) is 6.63. The van der Waals surface area contributed by atoms with Crippen molar-refractivity contribution in [3.8, 4) is 5.75 Å². The average Bonchev–Trinajstić information content (AvgIpc) is 2.83. The molecule has 2 fully saturated rings. The summed E-state index contributed by atoms with van der Waals surface area (Å²) in [6.07, 6.45) is 4.33. The number of rotatable bonds is 4. The number of amides is 1. The summed E-state index contributed by atoms with van der Waals surface area (Å²) < 4.78 is 5.10. The van der Waals surface area contributed by atoms with Gasteiger partial charge in [-0.15, -0.1) is 0 Å². The Kier molecular flexibility index (Phi) is 6.57. The highest BCUT2D eigenvalue weighted by Gasteiger charge is 2.39. The number of nitrogens with two attached hydrogens (primary N) is 1. The van der Waals surface area contributed by atoms with Crippen LogP contribution in [0, 0.1) is 5.41 Å². The van der Waals surface area contributed by atoms with E-state index in [4.69, 9.17) is 25.8 Å². The van der Waals surface area contributed by atoms with Crippen molar-refractivity contribution in [3.63, 3.8) is 0 Å².